The number of pyridine rings is 1. The summed E-state index contributed by atoms with van der Waals surface area (Å²) in [6.07, 6.45) is 1.61. The molecule has 0 aliphatic heterocycles. The summed E-state index contributed by atoms with van der Waals surface area (Å²) in [7, 11) is 0. The first-order chi connectivity index (χ1) is 17.4. The van der Waals surface area contributed by atoms with Crippen LogP contribution in [0.4, 0.5) is 13.9 Å². The quantitative estimate of drug-likeness (QED) is 0.259. The van der Waals surface area contributed by atoms with E-state index >= 15 is 0 Å². The number of hydrogen-bond acceptors (Lipinski definition) is 7. The number of carbonyl (C=O) groups is 1. The van der Waals surface area contributed by atoms with E-state index in [-0.39, 0.29) is 27.5 Å². The summed E-state index contributed by atoms with van der Waals surface area (Å²) in [5, 5.41) is 0.204. The molecular weight excluding hydrogens is 488 g/mol. The maximum Gasteiger partial charge on any atom is 0.260 e. The summed E-state index contributed by atoms with van der Waals surface area (Å²) in [5.41, 5.74) is 0.844. The first-order valence-electron chi connectivity index (χ1n) is 11.5. The highest BCUT2D eigenvalue weighted by Gasteiger charge is 2.26. The van der Waals surface area contributed by atoms with Gasteiger partial charge in [0.1, 0.15) is 11.3 Å². The molecule has 0 fully saturated rings. The lowest BCUT2D eigenvalue weighted by Gasteiger charge is -2.22. The highest BCUT2D eigenvalue weighted by atomic mass is 32.1. The number of fused-ring (bicyclic) bond motifs is 1. The van der Waals surface area contributed by atoms with E-state index in [1.165, 1.54) is 11.0 Å². The molecule has 1 amide bonds. The summed E-state index contributed by atoms with van der Waals surface area (Å²) in [6.45, 7) is 6.64. The van der Waals surface area contributed by atoms with Crippen molar-refractivity contribution in [2.24, 2.45) is 0 Å². The molecule has 2 aromatic carbocycles. The van der Waals surface area contributed by atoms with Gasteiger partial charge in [-0.1, -0.05) is 17.4 Å². The fourth-order valence-corrected chi connectivity index (χ4v) is 4.61. The number of thiazole rings is 1. The Bertz CT molecular complexity index is 1340. The van der Waals surface area contributed by atoms with Gasteiger partial charge in [-0.05, 0) is 51.1 Å². The van der Waals surface area contributed by atoms with Crippen molar-refractivity contribution in [1.82, 2.24) is 9.97 Å². The van der Waals surface area contributed by atoms with Crippen LogP contribution >= 0.6 is 11.3 Å². The molecule has 4 aromatic rings. The zero-order valence-electron chi connectivity index (χ0n) is 20.1. The van der Waals surface area contributed by atoms with Crippen molar-refractivity contribution in [3.8, 4) is 17.2 Å². The van der Waals surface area contributed by atoms with E-state index in [0.717, 1.165) is 17.4 Å². The van der Waals surface area contributed by atoms with Crippen LogP contribution in [0.3, 0.4) is 0 Å². The zero-order chi connectivity index (χ0) is 25.7. The zero-order valence-corrected chi connectivity index (χ0v) is 20.9. The Kier molecular flexibility index (Phi) is 7.94. The molecule has 0 atom stereocenters. The highest BCUT2D eigenvalue weighted by Crippen LogP contribution is 2.40. The standard InChI is InChI=1S/C26H25F2N3O4S/c1-4-33-20-11-16(12-21(34-5-2)24(20)35-6-3)25(32)31(15-18-9-7-8-10-29-18)26-30-23-19(28)13-17(27)14-22(23)36-26/h7-14H,4-6,15H2,1-3H3. The number of rotatable bonds is 10. The number of halogens is 2. The summed E-state index contributed by atoms with van der Waals surface area (Å²) < 4.78 is 45.8. The van der Waals surface area contributed by atoms with E-state index in [0.29, 0.717) is 42.8 Å². The fourth-order valence-electron chi connectivity index (χ4n) is 3.61. The van der Waals surface area contributed by atoms with Crippen molar-refractivity contribution in [2.45, 2.75) is 27.3 Å². The van der Waals surface area contributed by atoms with Crippen molar-refractivity contribution < 1.29 is 27.8 Å². The van der Waals surface area contributed by atoms with E-state index in [1.54, 1.807) is 36.5 Å². The van der Waals surface area contributed by atoms with E-state index in [4.69, 9.17) is 14.2 Å². The van der Waals surface area contributed by atoms with Crippen LogP contribution in [0.25, 0.3) is 10.2 Å². The van der Waals surface area contributed by atoms with Crippen LogP contribution in [0.15, 0.2) is 48.7 Å². The monoisotopic (exact) mass is 513 g/mol. The number of nitrogens with zero attached hydrogens (tertiary/aromatic N) is 3. The van der Waals surface area contributed by atoms with Gasteiger partial charge in [0.15, 0.2) is 22.4 Å². The molecule has 0 spiro atoms. The first kappa shape index (κ1) is 25.3. The molecule has 0 aliphatic rings. The predicted molar refractivity (Wildman–Crippen MR) is 134 cm³/mol. The number of anilines is 1. The smallest absolute Gasteiger partial charge is 0.260 e. The van der Waals surface area contributed by atoms with Crippen molar-refractivity contribution in [1.29, 1.82) is 0 Å². The van der Waals surface area contributed by atoms with E-state index < -0.39 is 17.5 Å². The Balaban J connectivity index is 1.83. The van der Waals surface area contributed by atoms with Gasteiger partial charge in [0.2, 0.25) is 5.75 Å². The lowest BCUT2D eigenvalue weighted by Crippen LogP contribution is -2.30. The molecule has 7 nitrogen and oxygen atoms in total. The van der Waals surface area contributed by atoms with Crippen molar-refractivity contribution in [3.63, 3.8) is 0 Å². The van der Waals surface area contributed by atoms with Crippen LogP contribution in [-0.4, -0.2) is 35.7 Å². The van der Waals surface area contributed by atoms with Gasteiger partial charge in [-0.2, -0.15) is 0 Å². The molecule has 4 rings (SSSR count). The Morgan fingerprint density at radius 3 is 2.28 bits per heavy atom. The second-order valence-corrected chi connectivity index (χ2v) is 8.55. The van der Waals surface area contributed by atoms with Crippen molar-refractivity contribution in [3.05, 3.63) is 71.6 Å². The van der Waals surface area contributed by atoms with Crippen LogP contribution in [0.2, 0.25) is 0 Å². The molecule has 2 heterocycles. The van der Waals surface area contributed by atoms with Gasteiger partial charge in [-0.25, -0.2) is 13.8 Å². The Morgan fingerprint density at radius 2 is 1.67 bits per heavy atom. The molecule has 0 saturated carbocycles. The van der Waals surface area contributed by atoms with E-state index in [9.17, 15) is 13.6 Å². The molecule has 188 valence electrons. The van der Waals surface area contributed by atoms with Gasteiger partial charge in [0, 0.05) is 17.8 Å². The van der Waals surface area contributed by atoms with Gasteiger partial charge >= 0.3 is 0 Å². The van der Waals surface area contributed by atoms with Gasteiger partial charge in [-0.15, -0.1) is 0 Å². The number of carbonyl (C=O) groups excluding carboxylic acids is 1. The van der Waals surface area contributed by atoms with Gasteiger partial charge in [-0.3, -0.25) is 14.7 Å². The highest BCUT2D eigenvalue weighted by molar-refractivity contribution is 7.22. The largest absolute Gasteiger partial charge is 0.490 e. The van der Waals surface area contributed by atoms with Crippen LogP contribution in [0.5, 0.6) is 17.2 Å². The molecular formula is C26H25F2N3O4S. The minimum atomic E-state index is -0.795. The Hall–Kier alpha value is -3.79. The van der Waals surface area contributed by atoms with E-state index in [1.807, 2.05) is 20.8 Å². The second-order valence-electron chi connectivity index (χ2n) is 7.54. The summed E-state index contributed by atoms with van der Waals surface area (Å²) in [5.74, 6) is -0.812. The lowest BCUT2D eigenvalue weighted by molar-refractivity contribution is 0.0983. The second kappa shape index (κ2) is 11.3. The molecule has 10 heteroatoms. The summed E-state index contributed by atoms with van der Waals surface area (Å²) >= 11 is 1.02. The fraction of sp³-hybridized carbons (Fsp3) is 0.269. The average Bonchev–Trinajstić information content (AvgIpc) is 3.29. The normalized spacial score (nSPS) is 10.9. The Labute approximate surface area is 211 Å². The van der Waals surface area contributed by atoms with Crippen LogP contribution in [-0.2, 0) is 6.54 Å². The summed E-state index contributed by atoms with van der Waals surface area (Å²) in [6, 6.07) is 10.5. The minimum absolute atomic E-state index is 0.00748. The van der Waals surface area contributed by atoms with E-state index in [2.05, 4.69) is 9.97 Å². The molecule has 0 radical (unpaired) electrons. The van der Waals surface area contributed by atoms with Crippen LogP contribution in [0.1, 0.15) is 36.8 Å². The van der Waals surface area contributed by atoms with Gasteiger partial charge in [0.25, 0.3) is 5.91 Å². The Morgan fingerprint density at radius 1 is 0.972 bits per heavy atom. The SMILES string of the molecule is CCOc1cc(C(=O)N(Cc2ccccn2)c2nc3c(F)cc(F)cc3s2)cc(OCC)c1OCC. The molecule has 0 bridgehead atoms. The number of amides is 1. The van der Waals surface area contributed by atoms with Crippen molar-refractivity contribution >= 4 is 32.6 Å². The van der Waals surface area contributed by atoms with Gasteiger partial charge < -0.3 is 14.2 Å². The third kappa shape index (κ3) is 5.38. The first-order valence-corrected chi connectivity index (χ1v) is 12.3. The number of hydrogen-bond donors (Lipinski definition) is 0. The third-order valence-electron chi connectivity index (χ3n) is 5.08. The van der Waals surface area contributed by atoms with Crippen LogP contribution < -0.4 is 19.1 Å². The lowest BCUT2D eigenvalue weighted by atomic mass is 10.1. The number of benzene rings is 2. The predicted octanol–water partition coefficient (Wildman–Crippen LogP) is 6.01. The minimum Gasteiger partial charge on any atom is -0.490 e. The molecule has 36 heavy (non-hydrogen) atoms. The summed E-state index contributed by atoms with van der Waals surface area (Å²) in [4.78, 5) is 23.9. The number of ether oxygens (including phenoxy) is 3. The maximum absolute atomic E-state index is 14.4. The van der Waals surface area contributed by atoms with Gasteiger partial charge in [0.05, 0.1) is 36.8 Å². The third-order valence-corrected chi connectivity index (χ3v) is 6.11. The molecule has 2 aromatic heterocycles. The molecule has 0 unspecified atom stereocenters. The topological polar surface area (TPSA) is 73.8 Å². The van der Waals surface area contributed by atoms with Crippen molar-refractivity contribution in [2.75, 3.05) is 24.7 Å². The average molecular weight is 514 g/mol. The molecule has 0 N–H and O–H groups in total. The molecule has 0 saturated heterocycles. The van der Waals surface area contributed by atoms with Crippen LogP contribution in [0, 0.1) is 11.6 Å². The maximum atomic E-state index is 14.4. The molecule has 0 aliphatic carbocycles. The number of aromatic nitrogens is 2.